The van der Waals surface area contributed by atoms with E-state index in [9.17, 15) is 4.79 Å². The van der Waals surface area contributed by atoms with Crippen LogP contribution in [0, 0.1) is 19.3 Å². The number of carbonyl (C=O) groups excluding carboxylic acids is 1. The Balaban J connectivity index is 2.24. The summed E-state index contributed by atoms with van der Waals surface area (Å²) in [5, 5.41) is 0. The third-order valence-corrected chi connectivity index (χ3v) is 6.69. The molecule has 1 aliphatic heterocycles. The lowest BCUT2D eigenvalue weighted by Crippen LogP contribution is -2.24. The van der Waals surface area contributed by atoms with Gasteiger partial charge in [0.15, 0.2) is 0 Å². The van der Waals surface area contributed by atoms with Crippen molar-refractivity contribution >= 4 is 11.5 Å². The van der Waals surface area contributed by atoms with Crippen molar-refractivity contribution in [2.75, 3.05) is 0 Å². The maximum atomic E-state index is 12.8. The topological polar surface area (TPSA) is 51.3 Å². The molecule has 0 saturated carbocycles. The van der Waals surface area contributed by atoms with Crippen LogP contribution in [-0.4, -0.2) is 16.6 Å². The van der Waals surface area contributed by atoms with Gasteiger partial charge in [-0.2, -0.15) is 0 Å². The molecule has 0 amide bonds. The SMILES string of the molecule is C=C1O/C(=C(\CCCCCCCCCC)c2[nH]c(C(=O)OC(C)(C)C)c(C)c2C)CC1(C)C. The number of aromatic amines is 1. The van der Waals surface area contributed by atoms with Gasteiger partial charge in [0.1, 0.15) is 22.8 Å². The number of aromatic nitrogens is 1. The smallest absolute Gasteiger partial charge is 0.355 e. The highest BCUT2D eigenvalue weighted by atomic mass is 16.6. The molecule has 0 aromatic carbocycles. The fraction of sp³-hybridized carbons (Fsp3) is 0.690. The second-order valence-corrected chi connectivity index (χ2v) is 11.3. The monoisotopic (exact) mass is 457 g/mol. The highest BCUT2D eigenvalue weighted by molar-refractivity contribution is 5.91. The van der Waals surface area contributed by atoms with Gasteiger partial charge in [-0.15, -0.1) is 0 Å². The summed E-state index contributed by atoms with van der Waals surface area (Å²) in [5.41, 5.74) is 4.17. The molecule has 1 saturated heterocycles. The Morgan fingerprint density at radius 1 is 1.00 bits per heavy atom. The van der Waals surface area contributed by atoms with Crippen molar-refractivity contribution in [1.29, 1.82) is 0 Å². The van der Waals surface area contributed by atoms with Gasteiger partial charge < -0.3 is 14.5 Å². The molecule has 1 fully saturated rings. The quantitative estimate of drug-likeness (QED) is 0.267. The number of rotatable bonds is 11. The summed E-state index contributed by atoms with van der Waals surface area (Å²) >= 11 is 0. The highest BCUT2D eigenvalue weighted by Gasteiger charge is 2.36. The van der Waals surface area contributed by atoms with E-state index in [1.54, 1.807) is 0 Å². The summed E-state index contributed by atoms with van der Waals surface area (Å²) in [4.78, 5) is 16.3. The first-order valence-electron chi connectivity index (χ1n) is 12.9. The molecule has 1 N–H and O–H groups in total. The first-order valence-corrected chi connectivity index (χ1v) is 12.9. The van der Waals surface area contributed by atoms with Gasteiger partial charge in [-0.25, -0.2) is 4.79 Å². The van der Waals surface area contributed by atoms with Crippen LogP contribution in [0.15, 0.2) is 18.1 Å². The van der Waals surface area contributed by atoms with Crippen molar-refractivity contribution in [2.45, 2.75) is 125 Å². The van der Waals surface area contributed by atoms with Crippen LogP contribution in [0.25, 0.3) is 5.57 Å². The average molecular weight is 458 g/mol. The van der Waals surface area contributed by atoms with E-state index in [-0.39, 0.29) is 11.4 Å². The van der Waals surface area contributed by atoms with Crippen molar-refractivity contribution in [3.8, 4) is 0 Å². The Labute approximate surface area is 202 Å². The molecule has 0 radical (unpaired) electrons. The third kappa shape index (κ3) is 7.52. The largest absolute Gasteiger partial charge is 0.466 e. The highest BCUT2D eigenvalue weighted by Crippen LogP contribution is 2.46. The van der Waals surface area contributed by atoms with Crippen LogP contribution in [0.1, 0.15) is 133 Å². The van der Waals surface area contributed by atoms with E-state index < -0.39 is 5.60 Å². The number of unbranched alkanes of at least 4 members (excludes halogenated alkanes) is 7. The molecule has 2 rings (SSSR count). The van der Waals surface area contributed by atoms with E-state index in [0.29, 0.717) is 5.69 Å². The van der Waals surface area contributed by atoms with Gasteiger partial charge in [0.05, 0.1) is 0 Å². The molecule has 1 aromatic rings. The van der Waals surface area contributed by atoms with Crippen LogP contribution in [0.5, 0.6) is 0 Å². The Bertz CT molecular complexity index is 864. The van der Waals surface area contributed by atoms with Crippen LogP contribution in [0.3, 0.4) is 0 Å². The van der Waals surface area contributed by atoms with Crippen molar-refractivity contribution in [3.63, 3.8) is 0 Å². The van der Waals surface area contributed by atoms with E-state index >= 15 is 0 Å². The van der Waals surface area contributed by atoms with Crippen LogP contribution < -0.4 is 0 Å². The minimum absolute atomic E-state index is 0.0800. The Kier molecular flexibility index (Phi) is 9.46. The van der Waals surface area contributed by atoms with Crippen molar-refractivity contribution in [2.24, 2.45) is 5.41 Å². The summed E-state index contributed by atoms with van der Waals surface area (Å²) in [5.74, 6) is 1.51. The lowest BCUT2D eigenvalue weighted by atomic mass is 9.87. The van der Waals surface area contributed by atoms with E-state index in [0.717, 1.165) is 47.6 Å². The zero-order valence-corrected chi connectivity index (χ0v) is 22.5. The van der Waals surface area contributed by atoms with Gasteiger partial charge in [-0.1, -0.05) is 72.3 Å². The molecule has 4 heteroatoms. The number of ether oxygens (including phenoxy) is 2. The molecule has 0 atom stereocenters. The standard InChI is InChI=1S/C29H47NO3/c1-10-11-12-13-14-15-16-17-18-23(24-19-29(8,9)22(4)32-24)25-20(2)21(3)26(30-25)27(31)33-28(5,6)7/h30H,4,10-19H2,1-3,5-9H3/b24-23+. The van der Waals surface area contributed by atoms with Crippen molar-refractivity contribution in [1.82, 2.24) is 4.98 Å². The predicted octanol–water partition coefficient (Wildman–Crippen LogP) is 8.79. The van der Waals surface area contributed by atoms with Crippen LogP contribution in [0.4, 0.5) is 0 Å². The summed E-state index contributed by atoms with van der Waals surface area (Å²) in [6.07, 6.45) is 12.0. The van der Waals surface area contributed by atoms with Crippen LogP contribution in [-0.2, 0) is 9.47 Å². The zero-order valence-electron chi connectivity index (χ0n) is 22.5. The molecule has 33 heavy (non-hydrogen) atoms. The number of hydrogen-bond acceptors (Lipinski definition) is 3. The number of H-pyrrole nitrogens is 1. The molecule has 1 aliphatic rings. The molecule has 0 bridgehead atoms. The number of allylic oxidation sites excluding steroid dienone is 3. The average Bonchev–Trinajstić information content (AvgIpc) is 3.15. The molecule has 1 aromatic heterocycles. The number of hydrogen-bond donors (Lipinski definition) is 1. The summed E-state index contributed by atoms with van der Waals surface area (Å²) in [6, 6.07) is 0. The number of carbonyl (C=O) groups is 1. The second-order valence-electron chi connectivity index (χ2n) is 11.3. The molecule has 2 heterocycles. The second kappa shape index (κ2) is 11.4. The minimum Gasteiger partial charge on any atom is -0.466 e. The zero-order chi connectivity index (χ0) is 24.8. The van der Waals surface area contributed by atoms with Gasteiger partial charge in [-0.05, 0) is 58.6 Å². The van der Waals surface area contributed by atoms with Crippen LogP contribution in [0.2, 0.25) is 0 Å². The molecule has 186 valence electrons. The Hall–Kier alpha value is -1.97. The fourth-order valence-electron chi connectivity index (χ4n) is 4.35. The maximum absolute atomic E-state index is 12.8. The molecule has 0 aliphatic carbocycles. The molecule has 0 spiro atoms. The summed E-state index contributed by atoms with van der Waals surface area (Å²) in [7, 11) is 0. The molecular weight excluding hydrogens is 410 g/mol. The third-order valence-electron chi connectivity index (χ3n) is 6.69. The Morgan fingerprint density at radius 2 is 1.55 bits per heavy atom. The van der Waals surface area contributed by atoms with E-state index in [1.807, 2.05) is 27.7 Å². The van der Waals surface area contributed by atoms with E-state index in [4.69, 9.17) is 9.47 Å². The van der Waals surface area contributed by atoms with Gasteiger partial charge in [-0.3, -0.25) is 0 Å². The fourth-order valence-corrected chi connectivity index (χ4v) is 4.35. The first-order chi connectivity index (χ1) is 15.4. The normalized spacial score (nSPS) is 17.3. The molecular formula is C29H47NO3. The lowest BCUT2D eigenvalue weighted by molar-refractivity contribution is 0.00626. The number of nitrogens with one attached hydrogen (secondary N) is 1. The van der Waals surface area contributed by atoms with Gasteiger partial charge >= 0.3 is 5.97 Å². The molecule has 4 nitrogen and oxygen atoms in total. The maximum Gasteiger partial charge on any atom is 0.355 e. The predicted molar refractivity (Wildman–Crippen MR) is 138 cm³/mol. The van der Waals surface area contributed by atoms with Gasteiger partial charge in [0.25, 0.3) is 0 Å². The van der Waals surface area contributed by atoms with E-state index in [1.165, 1.54) is 50.5 Å². The summed E-state index contributed by atoms with van der Waals surface area (Å²) < 4.78 is 11.9. The van der Waals surface area contributed by atoms with Crippen LogP contribution >= 0.6 is 0 Å². The first kappa shape index (κ1) is 27.3. The van der Waals surface area contributed by atoms with Crippen molar-refractivity contribution in [3.05, 3.63) is 40.6 Å². The van der Waals surface area contributed by atoms with Crippen molar-refractivity contribution < 1.29 is 14.3 Å². The molecule has 0 unspecified atom stereocenters. The lowest BCUT2D eigenvalue weighted by Gasteiger charge is -2.19. The van der Waals surface area contributed by atoms with Gasteiger partial charge in [0, 0.05) is 23.1 Å². The van der Waals surface area contributed by atoms with E-state index in [2.05, 4.69) is 39.3 Å². The van der Waals surface area contributed by atoms with Gasteiger partial charge in [0.2, 0.25) is 0 Å². The summed E-state index contributed by atoms with van der Waals surface area (Å²) in [6.45, 7) is 20.5. The Morgan fingerprint density at radius 3 is 2.06 bits per heavy atom. The number of esters is 1. The minimum atomic E-state index is -0.530.